The molecule has 2 aliphatic heterocycles. The Morgan fingerprint density at radius 3 is 2.89 bits per heavy atom. The van der Waals surface area contributed by atoms with Gasteiger partial charge in [0.25, 0.3) is 0 Å². The number of piperidine rings is 1. The van der Waals surface area contributed by atoms with Crippen LogP contribution in [0.25, 0.3) is 0 Å². The van der Waals surface area contributed by atoms with Crippen molar-refractivity contribution in [1.29, 1.82) is 0 Å². The number of ether oxygens (including phenoxy) is 1. The molecule has 2 unspecified atom stereocenters. The Balaban J connectivity index is 2.30. The van der Waals surface area contributed by atoms with Gasteiger partial charge in [0.15, 0.2) is 5.71 Å². The molecule has 5 heteroatoms. The Labute approximate surface area is 109 Å². The lowest BCUT2D eigenvalue weighted by atomic mass is 9.82. The van der Waals surface area contributed by atoms with Crippen LogP contribution in [0.2, 0.25) is 0 Å². The van der Waals surface area contributed by atoms with Crippen molar-refractivity contribution in [2.45, 2.75) is 51.7 Å². The van der Waals surface area contributed by atoms with Gasteiger partial charge in [-0.1, -0.05) is 6.92 Å². The van der Waals surface area contributed by atoms with E-state index in [1.165, 1.54) is 7.11 Å². The SMILES string of the molecule is CC[C@H]1NCCC2C1C(C(=O)OC)=NN2C(C)C. The first kappa shape index (κ1) is 13.3. The van der Waals surface area contributed by atoms with Gasteiger partial charge in [0, 0.05) is 18.0 Å². The smallest absolute Gasteiger partial charge is 0.354 e. The zero-order chi connectivity index (χ0) is 13.3. The van der Waals surface area contributed by atoms with E-state index in [-0.39, 0.29) is 11.9 Å². The van der Waals surface area contributed by atoms with Gasteiger partial charge in [-0.2, -0.15) is 5.10 Å². The highest BCUT2D eigenvalue weighted by Gasteiger charge is 2.47. The molecule has 0 aliphatic carbocycles. The third-order valence-corrected chi connectivity index (χ3v) is 3.94. The molecule has 1 saturated heterocycles. The molecule has 1 N–H and O–H groups in total. The number of nitrogens with zero attached hydrogens (tertiary/aromatic N) is 2. The lowest BCUT2D eigenvalue weighted by molar-refractivity contribution is -0.133. The lowest BCUT2D eigenvalue weighted by Gasteiger charge is -2.38. The minimum Gasteiger partial charge on any atom is -0.464 e. The second kappa shape index (κ2) is 5.26. The average molecular weight is 253 g/mol. The molecular formula is C13H23N3O2. The molecule has 0 amide bonds. The summed E-state index contributed by atoms with van der Waals surface area (Å²) in [6.45, 7) is 7.37. The summed E-state index contributed by atoms with van der Waals surface area (Å²) >= 11 is 0. The van der Waals surface area contributed by atoms with Gasteiger partial charge in [-0.25, -0.2) is 4.79 Å². The number of hydrazone groups is 1. The van der Waals surface area contributed by atoms with E-state index < -0.39 is 0 Å². The number of esters is 1. The molecule has 2 aliphatic rings. The van der Waals surface area contributed by atoms with Crippen molar-refractivity contribution < 1.29 is 9.53 Å². The van der Waals surface area contributed by atoms with Gasteiger partial charge in [-0.15, -0.1) is 0 Å². The van der Waals surface area contributed by atoms with Crippen molar-refractivity contribution >= 4 is 11.7 Å². The topological polar surface area (TPSA) is 53.9 Å². The Bertz CT molecular complexity index is 354. The number of rotatable bonds is 3. The van der Waals surface area contributed by atoms with Gasteiger partial charge in [0.05, 0.1) is 13.2 Å². The van der Waals surface area contributed by atoms with Crippen LogP contribution in [0.4, 0.5) is 0 Å². The number of carbonyl (C=O) groups excluding carboxylic acids is 1. The highest BCUT2D eigenvalue weighted by Crippen LogP contribution is 2.33. The van der Waals surface area contributed by atoms with E-state index in [1.807, 2.05) is 0 Å². The molecule has 2 heterocycles. The summed E-state index contributed by atoms with van der Waals surface area (Å²) in [5, 5.41) is 10.1. The lowest BCUT2D eigenvalue weighted by Crippen LogP contribution is -2.54. The molecule has 1 fully saturated rings. The number of hydrogen-bond donors (Lipinski definition) is 1. The van der Waals surface area contributed by atoms with Crippen molar-refractivity contribution in [2.75, 3.05) is 13.7 Å². The molecule has 3 atom stereocenters. The molecule has 0 saturated carbocycles. The Kier molecular flexibility index (Phi) is 3.90. The van der Waals surface area contributed by atoms with Gasteiger partial charge in [0.2, 0.25) is 0 Å². The van der Waals surface area contributed by atoms with E-state index in [0.717, 1.165) is 19.4 Å². The van der Waals surface area contributed by atoms with Crippen molar-refractivity contribution in [3.63, 3.8) is 0 Å². The predicted molar refractivity (Wildman–Crippen MR) is 70.4 cm³/mol. The van der Waals surface area contributed by atoms with E-state index in [1.54, 1.807) is 0 Å². The van der Waals surface area contributed by atoms with Crippen molar-refractivity contribution in [2.24, 2.45) is 11.0 Å². The molecule has 0 radical (unpaired) electrons. The summed E-state index contributed by atoms with van der Waals surface area (Å²) in [4.78, 5) is 11.9. The number of carbonyl (C=O) groups is 1. The van der Waals surface area contributed by atoms with Crippen molar-refractivity contribution in [3.8, 4) is 0 Å². The molecule has 0 aromatic rings. The summed E-state index contributed by atoms with van der Waals surface area (Å²) in [5.74, 6) is -0.117. The van der Waals surface area contributed by atoms with Crippen LogP contribution in [0, 0.1) is 5.92 Å². The normalized spacial score (nSPS) is 31.3. The first-order chi connectivity index (χ1) is 8.60. The Morgan fingerprint density at radius 2 is 2.33 bits per heavy atom. The Hall–Kier alpha value is -1.10. The maximum atomic E-state index is 11.9. The summed E-state index contributed by atoms with van der Waals surface area (Å²) < 4.78 is 4.88. The number of nitrogens with one attached hydrogen (secondary N) is 1. The molecule has 0 aromatic carbocycles. The second-order valence-corrected chi connectivity index (χ2v) is 5.30. The first-order valence-corrected chi connectivity index (χ1v) is 6.78. The summed E-state index contributed by atoms with van der Waals surface area (Å²) in [5.41, 5.74) is 0.593. The Morgan fingerprint density at radius 1 is 1.61 bits per heavy atom. The fourth-order valence-electron chi connectivity index (χ4n) is 3.10. The zero-order valence-electron chi connectivity index (χ0n) is 11.6. The maximum Gasteiger partial charge on any atom is 0.354 e. The van der Waals surface area contributed by atoms with Gasteiger partial charge < -0.3 is 10.1 Å². The van der Waals surface area contributed by atoms with E-state index in [9.17, 15) is 4.79 Å². The molecule has 0 spiro atoms. The molecule has 2 rings (SSSR count). The van der Waals surface area contributed by atoms with E-state index in [4.69, 9.17) is 4.74 Å². The standard InChI is InChI=1S/C13H23N3O2/c1-5-9-11-10(6-7-14-9)16(8(2)3)15-12(11)13(17)18-4/h8-11,14H,5-7H2,1-4H3/t9-,10?,11?/m1/s1. The fourth-order valence-corrected chi connectivity index (χ4v) is 3.10. The fraction of sp³-hybridized carbons (Fsp3) is 0.846. The number of hydrogen-bond acceptors (Lipinski definition) is 5. The minimum atomic E-state index is -0.282. The molecule has 18 heavy (non-hydrogen) atoms. The number of fused-ring (bicyclic) bond motifs is 1. The van der Waals surface area contributed by atoms with Crippen LogP contribution < -0.4 is 5.32 Å². The highest BCUT2D eigenvalue weighted by atomic mass is 16.5. The third-order valence-electron chi connectivity index (χ3n) is 3.94. The summed E-state index contributed by atoms with van der Waals surface area (Å²) in [6, 6.07) is 0.978. The zero-order valence-corrected chi connectivity index (χ0v) is 11.6. The predicted octanol–water partition coefficient (Wildman–Crippen LogP) is 0.996. The van der Waals surface area contributed by atoms with Crippen LogP contribution in [0.15, 0.2) is 5.10 Å². The van der Waals surface area contributed by atoms with Crippen molar-refractivity contribution in [3.05, 3.63) is 0 Å². The second-order valence-electron chi connectivity index (χ2n) is 5.30. The molecular weight excluding hydrogens is 230 g/mol. The van der Waals surface area contributed by atoms with Crippen molar-refractivity contribution in [1.82, 2.24) is 10.3 Å². The van der Waals surface area contributed by atoms with E-state index in [0.29, 0.717) is 23.8 Å². The van der Waals surface area contributed by atoms with Gasteiger partial charge in [0.1, 0.15) is 0 Å². The number of methoxy groups -OCH3 is 1. The van der Waals surface area contributed by atoms with E-state index >= 15 is 0 Å². The minimum absolute atomic E-state index is 0.165. The molecule has 102 valence electrons. The van der Waals surface area contributed by atoms with Gasteiger partial charge in [-0.05, 0) is 33.2 Å². The van der Waals surface area contributed by atoms with Crippen LogP contribution in [0.3, 0.4) is 0 Å². The largest absolute Gasteiger partial charge is 0.464 e. The van der Waals surface area contributed by atoms with Crippen LogP contribution >= 0.6 is 0 Å². The average Bonchev–Trinajstić information content (AvgIpc) is 2.77. The molecule has 5 nitrogen and oxygen atoms in total. The maximum absolute atomic E-state index is 11.9. The van der Waals surface area contributed by atoms with Crippen LogP contribution in [0.5, 0.6) is 0 Å². The van der Waals surface area contributed by atoms with Gasteiger partial charge >= 0.3 is 5.97 Å². The summed E-state index contributed by atoms with van der Waals surface area (Å²) in [6.07, 6.45) is 2.03. The monoisotopic (exact) mass is 253 g/mol. The van der Waals surface area contributed by atoms with Crippen LogP contribution in [0.1, 0.15) is 33.6 Å². The van der Waals surface area contributed by atoms with Crippen LogP contribution in [-0.2, 0) is 9.53 Å². The molecule has 0 aromatic heterocycles. The third kappa shape index (κ3) is 2.11. The molecule has 0 bridgehead atoms. The highest BCUT2D eigenvalue weighted by molar-refractivity contribution is 6.38. The van der Waals surface area contributed by atoms with E-state index in [2.05, 4.69) is 36.2 Å². The first-order valence-electron chi connectivity index (χ1n) is 6.78. The quantitative estimate of drug-likeness (QED) is 0.762. The van der Waals surface area contributed by atoms with Crippen LogP contribution in [-0.4, -0.2) is 48.5 Å². The van der Waals surface area contributed by atoms with Gasteiger partial charge in [-0.3, -0.25) is 5.01 Å². The summed E-state index contributed by atoms with van der Waals surface area (Å²) in [7, 11) is 1.43.